The first kappa shape index (κ1) is 37.6. The van der Waals surface area contributed by atoms with E-state index in [4.69, 9.17) is 9.47 Å². The minimum Gasteiger partial charge on any atom is -0.394 e. The first-order chi connectivity index (χ1) is 21.6. The number of hydrogen-bond acceptors (Lipinski definition) is 11. The molecule has 0 amide bonds. The van der Waals surface area contributed by atoms with Crippen LogP contribution in [-0.4, -0.2) is 108 Å². The van der Waals surface area contributed by atoms with Gasteiger partial charge in [-0.2, -0.15) is 0 Å². The summed E-state index contributed by atoms with van der Waals surface area (Å²) in [6, 6.07) is 0. The number of ether oxygens (including phenoxy) is 2. The molecule has 11 nitrogen and oxygen atoms in total. The van der Waals surface area contributed by atoms with E-state index in [1.165, 1.54) is 0 Å². The fraction of sp³-hybridized carbons (Fsp3) is 0.944. The van der Waals surface area contributed by atoms with E-state index < -0.39 is 77.7 Å². The topological polar surface area (TPSA) is 190 Å². The summed E-state index contributed by atoms with van der Waals surface area (Å²) >= 11 is 0. The highest BCUT2D eigenvalue weighted by atomic mass is 17.1. The summed E-state index contributed by atoms with van der Waals surface area (Å²) in [6.45, 7) is 15.7. The molecular weight excluding hydrogens is 608 g/mol. The van der Waals surface area contributed by atoms with E-state index in [0.29, 0.717) is 25.7 Å². The first-order valence-corrected chi connectivity index (χ1v) is 17.7. The van der Waals surface area contributed by atoms with Gasteiger partial charge in [0.15, 0.2) is 6.29 Å². The maximum absolute atomic E-state index is 12.3. The average molecular weight is 671 g/mol. The Hall–Kier alpha value is -0.700. The van der Waals surface area contributed by atoms with Gasteiger partial charge >= 0.3 is 0 Å². The van der Waals surface area contributed by atoms with Gasteiger partial charge in [-0.25, -0.2) is 4.89 Å². The molecule has 1 aliphatic heterocycles. The zero-order valence-electron chi connectivity index (χ0n) is 29.5. The van der Waals surface area contributed by atoms with Crippen LogP contribution in [-0.2, 0) is 14.4 Å². The van der Waals surface area contributed by atoms with Crippen LogP contribution in [0.4, 0.5) is 0 Å². The van der Waals surface area contributed by atoms with Crippen molar-refractivity contribution in [1.29, 1.82) is 0 Å². The zero-order chi connectivity index (χ0) is 35.1. The van der Waals surface area contributed by atoms with Crippen molar-refractivity contribution in [2.45, 2.75) is 161 Å². The van der Waals surface area contributed by atoms with Gasteiger partial charge in [-0.05, 0) is 111 Å². The third-order valence-corrected chi connectivity index (χ3v) is 14.5. The Labute approximate surface area is 279 Å². The lowest BCUT2D eigenvalue weighted by atomic mass is 9.34. The molecule has 11 heteroatoms. The molecule has 5 fully saturated rings. The van der Waals surface area contributed by atoms with Crippen LogP contribution in [0.25, 0.3) is 0 Å². The Morgan fingerprint density at radius 2 is 1.51 bits per heavy atom. The summed E-state index contributed by atoms with van der Waals surface area (Å²) in [5.41, 5.74) is -3.53. The Morgan fingerprint density at radius 3 is 2.13 bits per heavy atom. The van der Waals surface area contributed by atoms with Crippen LogP contribution in [0.3, 0.4) is 0 Å². The molecule has 16 atom stereocenters. The Balaban J connectivity index is 1.52. The predicted octanol–water partition coefficient (Wildman–Crippen LogP) is 2.76. The molecule has 4 saturated carbocycles. The maximum Gasteiger partial charge on any atom is 0.187 e. The van der Waals surface area contributed by atoms with Gasteiger partial charge in [0, 0.05) is 0 Å². The van der Waals surface area contributed by atoms with Gasteiger partial charge in [-0.3, -0.25) is 5.26 Å². The second-order valence-electron chi connectivity index (χ2n) is 17.9. The fourth-order valence-electron chi connectivity index (χ4n) is 11.9. The molecular formula is C36H62O11. The molecule has 0 aromatic carbocycles. The highest BCUT2D eigenvalue weighted by Crippen LogP contribution is 2.76. The summed E-state index contributed by atoms with van der Waals surface area (Å²) in [4.78, 5) is 4.61. The number of aliphatic hydroxyl groups is 7. The first-order valence-electron chi connectivity index (χ1n) is 17.7. The maximum atomic E-state index is 12.3. The minimum absolute atomic E-state index is 0.108. The van der Waals surface area contributed by atoms with Crippen LogP contribution in [0.1, 0.15) is 100 Å². The van der Waals surface area contributed by atoms with Crippen LogP contribution >= 0.6 is 0 Å². The standard InChI is InChI=1S/C36H62O11/c1-31(2,47-44)12-9-13-36(8,46-30-28(43)27(42)26(41)22(18-37)45-30)19-10-15-34(6)25(19)20(38)16-23-33(5)14-11-24(40)32(3,4)29(33)21(39)17-35(23,34)7/h9,12,19-30,37-44H,10-11,13-18H2,1-8H3. The van der Waals surface area contributed by atoms with Gasteiger partial charge in [-0.1, -0.05) is 46.8 Å². The van der Waals surface area contributed by atoms with Crippen molar-refractivity contribution in [1.82, 2.24) is 0 Å². The molecule has 0 spiro atoms. The lowest BCUT2D eigenvalue weighted by Crippen LogP contribution is -2.70. The third-order valence-electron chi connectivity index (χ3n) is 14.5. The molecule has 1 saturated heterocycles. The summed E-state index contributed by atoms with van der Waals surface area (Å²) < 4.78 is 12.5. The van der Waals surface area contributed by atoms with Crippen LogP contribution < -0.4 is 0 Å². The molecule has 0 radical (unpaired) electrons. The largest absolute Gasteiger partial charge is 0.394 e. The van der Waals surface area contributed by atoms with Crippen molar-refractivity contribution in [3.8, 4) is 0 Å². The molecule has 5 rings (SSSR count). The van der Waals surface area contributed by atoms with Crippen molar-refractivity contribution in [2.75, 3.05) is 6.61 Å². The number of hydrogen-bond donors (Lipinski definition) is 8. The molecule has 4 aliphatic carbocycles. The van der Waals surface area contributed by atoms with Gasteiger partial charge in [-0.15, -0.1) is 0 Å². The minimum atomic E-state index is -1.60. The van der Waals surface area contributed by atoms with Gasteiger partial charge in [0.25, 0.3) is 0 Å². The van der Waals surface area contributed by atoms with E-state index in [9.17, 15) is 41.0 Å². The molecule has 8 N–H and O–H groups in total. The number of fused-ring (bicyclic) bond motifs is 5. The van der Waals surface area contributed by atoms with E-state index in [1.54, 1.807) is 19.9 Å². The van der Waals surface area contributed by atoms with Crippen molar-refractivity contribution in [2.24, 2.45) is 45.3 Å². The molecule has 0 aromatic rings. The molecule has 0 bridgehead atoms. The normalized spacial score (nSPS) is 51.2. The zero-order valence-corrected chi connectivity index (χ0v) is 29.5. The lowest BCUT2D eigenvalue weighted by molar-refractivity contribution is -0.335. The second kappa shape index (κ2) is 12.5. The van der Waals surface area contributed by atoms with Crippen LogP contribution in [0, 0.1) is 45.3 Å². The quantitative estimate of drug-likeness (QED) is 0.108. The number of aliphatic hydroxyl groups excluding tert-OH is 7. The smallest absolute Gasteiger partial charge is 0.187 e. The van der Waals surface area contributed by atoms with Crippen molar-refractivity contribution < 1.29 is 55.4 Å². The van der Waals surface area contributed by atoms with Gasteiger partial charge < -0.3 is 45.2 Å². The van der Waals surface area contributed by atoms with E-state index in [0.717, 1.165) is 12.8 Å². The molecule has 272 valence electrons. The molecule has 5 aliphatic rings. The van der Waals surface area contributed by atoms with Crippen LogP contribution in [0.5, 0.6) is 0 Å². The molecule has 1 heterocycles. The van der Waals surface area contributed by atoms with Crippen LogP contribution in [0.2, 0.25) is 0 Å². The van der Waals surface area contributed by atoms with Gasteiger partial charge in [0.2, 0.25) is 0 Å². The van der Waals surface area contributed by atoms with Crippen molar-refractivity contribution in [3.63, 3.8) is 0 Å². The summed E-state index contributed by atoms with van der Waals surface area (Å²) in [7, 11) is 0. The molecule has 47 heavy (non-hydrogen) atoms. The van der Waals surface area contributed by atoms with Crippen molar-refractivity contribution >= 4 is 0 Å². The van der Waals surface area contributed by atoms with E-state index in [2.05, 4.69) is 39.5 Å². The third kappa shape index (κ3) is 5.77. The highest BCUT2D eigenvalue weighted by molar-refractivity contribution is 5.22. The Kier molecular flexibility index (Phi) is 10.00. The van der Waals surface area contributed by atoms with E-state index in [1.807, 2.05) is 13.0 Å². The Morgan fingerprint density at radius 1 is 0.851 bits per heavy atom. The predicted molar refractivity (Wildman–Crippen MR) is 173 cm³/mol. The lowest BCUT2D eigenvalue weighted by Gasteiger charge is -2.71. The second-order valence-corrected chi connectivity index (χ2v) is 17.9. The molecule has 16 unspecified atom stereocenters. The SMILES string of the molecule is CC(C)(C=CCC(C)(OC1OC(CO)C(O)C(O)C1O)C1CCC2(C)C1C(O)CC1C3(C)CCC(O)C(C)(C)C3C(O)CC12C)OO. The Bertz CT molecular complexity index is 1160. The fourth-order valence-corrected chi connectivity index (χ4v) is 11.9. The van der Waals surface area contributed by atoms with Gasteiger partial charge in [0.1, 0.15) is 30.0 Å². The summed E-state index contributed by atoms with van der Waals surface area (Å²) in [5.74, 6) is -0.486. The van der Waals surface area contributed by atoms with Crippen molar-refractivity contribution in [3.05, 3.63) is 12.2 Å². The monoisotopic (exact) mass is 670 g/mol. The van der Waals surface area contributed by atoms with Crippen LogP contribution in [0.15, 0.2) is 12.2 Å². The highest BCUT2D eigenvalue weighted by Gasteiger charge is 2.73. The van der Waals surface area contributed by atoms with E-state index in [-0.39, 0.29) is 40.9 Å². The van der Waals surface area contributed by atoms with E-state index >= 15 is 0 Å². The summed E-state index contributed by atoms with van der Waals surface area (Å²) in [6.07, 6.45) is -1.18. The molecule has 0 aromatic heterocycles. The average Bonchev–Trinajstić information content (AvgIpc) is 3.37. The number of rotatable bonds is 8. The van der Waals surface area contributed by atoms with Gasteiger partial charge in [0.05, 0.1) is 30.5 Å². The summed E-state index contributed by atoms with van der Waals surface area (Å²) in [5, 5.41) is 86.4.